The van der Waals surface area contributed by atoms with Crippen LogP contribution in [-0.4, -0.2) is 26.9 Å². The Morgan fingerprint density at radius 1 is 1.40 bits per heavy atom. The van der Waals surface area contributed by atoms with Gasteiger partial charge >= 0.3 is 0 Å². The first-order valence-electron chi connectivity index (χ1n) is 4.88. The van der Waals surface area contributed by atoms with Crippen LogP contribution in [0.4, 0.5) is 11.4 Å². The number of rotatable bonds is 5. The van der Waals surface area contributed by atoms with Crippen LogP contribution in [0.1, 0.15) is 6.92 Å². The second-order valence-corrected chi connectivity index (χ2v) is 3.35. The van der Waals surface area contributed by atoms with Gasteiger partial charge in [-0.25, -0.2) is 0 Å². The molecule has 1 aromatic rings. The quantitative estimate of drug-likeness (QED) is 0.727. The van der Waals surface area contributed by atoms with Crippen molar-refractivity contribution < 1.29 is 9.47 Å². The SMILES string of the molecule is COc1cccc(NCC(C)OC)c1N. The number of para-hydroxylation sites is 1. The minimum Gasteiger partial charge on any atom is -0.495 e. The number of hydrogen-bond acceptors (Lipinski definition) is 4. The summed E-state index contributed by atoms with van der Waals surface area (Å²) in [6.45, 7) is 2.71. The first-order valence-corrected chi connectivity index (χ1v) is 4.88. The van der Waals surface area contributed by atoms with Crippen molar-refractivity contribution in [2.45, 2.75) is 13.0 Å². The lowest BCUT2D eigenvalue weighted by molar-refractivity contribution is 0.129. The molecule has 0 aliphatic rings. The van der Waals surface area contributed by atoms with Crippen LogP contribution in [0.5, 0.6) is 5.75 Å². The number of benzene rings is 1. The fourth-order valence-corrected chi connectivity index (χ4v) is 1.21. The Morgan fingerprint density at radius 3 is 2.73 bits per heavy atom. The summed E-state index contributed by atoms with van der Waals surface area (Å²) in [7, 11) is 3.29. The summed E-state index contributed by atoms with van der Waals surface area (Å²) in [5.74, 6) is 0.685. The summed E-state index contributed by atoms with van der Waals surface area (Å²) in [6, 6.07) is 5.65. The third-order valence-corrected chi connectivity index (χ3v) is 2.27. The molecule has 1 aromatic carbocycles. The van der Waals surface area contributed by atoms with Gasteiger partial charge in [-0.1, -0.05) is 6.07 Å². The number of anilines is 2. The van der Waals surface area contributed by atoms with Crippen molar-refractivity contribution in [2.75, 3.05) is 31.8 Å². The summed E-state index contributed by atoms with van der Waals surface area (Å²) in [5, 5.41) is 3.21. The normalized spacial score (nSPS) is 12.2. The van der Waals surface area contributed by atoms with Gasteiger partial charge in [-0.15, -0.1) is 0 Å². The topological polar surface area (TPSA) is 56.5 Å². The van der Waals surface area contributed by atoms with Gasteiger partial charge < -0.3 is 20.5 Å². The van der Waals surface area contributed by atoms with E-state index in [0.29, 0.717) is 18.0 Å². The third kappa shape index (κ3) is 3.02. The van der Waals surface area contributed by atoms with Gasteiger partial charge in [0, 0.05) is 13.7 Å². The highest BCUT2D eigenvalue weighted by Gasteiger charge is 2.05. The lowest BCUT2D eigenvalue weighted by Crippen LogP contribution is -2.18. The van der Waals surface area contributed by atoms with Gasteiger partial charge in [0.15, 0.2) is 0 Å². The highest BCUT2D eigenvalue weighted by Crippen LogP contribution is 2.28. The number of methoxy groups -OCH3 is 2. The second-order valence-electron chi connectivity index (χ2n) is 3.35. The van der Waals surface area contributed by atoms with Crippen LogP contribution in [0.25, 0.3) is 0 Å². The second kappa shape index (κ2) is 5.46. The number of nitrogen functional groups attached to an aromatic ring is 1. The summed E-state index contributed by atoms with van der Waals surface area (Å²) in [6.07, 6.45) is 0.149. The molecule has 0 saturated heterocycles. The molecule has 15 heavy (non-hydrogen) atoms. The molecular formula is C11H18N2O2. The van der Waals surface area contributed by atoms with Gasteiger partial charge in [0.05, 0.1) is 24.6 Å². The van der Waals surface area contributed by atoms with Gasteiger partial charge in [-0.3, -0.25) is 0 Å². The summed E-state index contributed by atoms with van der Waals surface area (Å²) < 4.78 is 10.3. The molecule has 4 heteroatoms. The Kier molecular flexibility index (Phi) is 4.24. The van der Waals surface area contributed by atoms with E-state index in [1.165, 1.54) is 0 Å². The molecule has 0 bridgehead atoms. The van der Waals surface area contributed by atoms with Gasteiger partial charge in [0.2, 0.25) is 0 Å². The van der Waals surface area contributed by atoms with Crippen molar-refractivity contribution in [1.82, 2.24) is 0 Å². The molecule has 1 rings (SSSR count). The van der Waals surface area contributed by atoms with Crippen LogP contribution in [0.15, 0.2) is 18.2 Å². The standard InChI is InChI=1S/C11H18N2O2/c1-8(14-2)7-13-9-5-4-6-10(15-3)11(9)12/h4-6,8,13H,7,12H2,1-3H3. The monoisotopic (exact) mass is 210 g/mol. The van der Waals surface area contributed by atoms with Crippen LogP contribution >= 0.6 is 0 Å². The average Bonchev–Trinajstić information content (AvgIpc) is 2.27. The predicted octanol–water partition coefficient (Wildman–Crippen LogP) is 1.72. The Labute approximate surface area is 90.4 Å². The van der Waals surface area contributed by atoms with Crippen molar-refractivity contribution in [3.63, 3.8) is 0 Å². The van der Waals surface area contributed by atoms with E-state index in [1.807, 2.05) is 25.1 Å². The van der Waals surface area contributed by atoms with Gasteiger partial charge in [0.1, 0.15) is 5.75 Å². The maximum absolute atomic E-state index is 5.89. The lowest BCUT2D eigenvalue weighted by atomic mass is 10.2. The van der Waals surface area contributed by atoms with E-state index in [-0.39, 0.29) is 6.10 Å². The summed E-state index contributed by atoms with van der Waals surface area (Å²) in [5.41, 5.74) is 7.39. The zero-order valence-electron chi connectivity index (χ0n) is 9.41. The number of nitrogens with two attached hydrogens (primary N) is 1. The molecule has 0 heterocycles. The molecule has 0 saturated carbocycles. The van der Waals surface area contributed by atoms with E-state index in [0.717, 1.165) is 5.69 Å². The Hall–Kier alpha value is -1.42. The lowest BCUT2D eigenvalue weighted by Gasteiger charge is -2.14. The Balaban J connectivity index is 2.68. The van der Waals surface area contributed by atoms with Crippen LogP contribution in [0.2, 0.25) is 0 Å². The summed E-state index contributed by atoms with van der Waals surface area (Å²) >= 11 is 0. The zero-order chi connectivity index (χ0) is 11.3. The Bertz CT molecular complexity index is 315. The maximum atomic E-state index is 5.89. The molecular weight excluding hydrogens is 192 g/mol. The summed E-state index contributed by atoms with van der Waals surface area (Å²) in [4.78, 5) is 0. The van der Waals surface area contributed by atoms with Gasteiger partial charge in [0.25, 0.3) is 0 Å². The maximum Gasteiger partial charge on any atom is 0.143 e. The average molecular weight is 210 g/mol. The first kappa shape index (κ1) is 11.7. The molecule has 0 aliphatic heterocycles. The molecule has 1 unspecified atom stereocenters. The number of nitrogens with one attached hydrogen (secondary N) is 1. The van der Waals surface area contributed by atoms with Crippen molar-refractivity contribution in [2.24, 2.45) is 0 Å². The van der Waals surface area contributed by atoms with Crippen molar-refractivity contribution in [1.29, 1.82) is 0 Å². The van der Waals surface area contributed by atoms with Crippen molar-refractivity contribution in [3.8, 4) is 5.75 Å². The smallest absolute Gasteiger partial charge is 0.143 e. The number of hydrogen-bond donors (Lipinski definition) is 2. The molecule has 0 amide bonds. The third-order valence-electron chi connectivity index (χ3n) is 2.27. The number of ether oxygens (including phenoxy) is 2. The highest BCUT2D eigenvalue weighted by molar-refractivity contribution is 5.72. The van der Waals surface area contributed by atoms with E-state index >= 15 is 0 Å². The largest absolute Gasteiger partial charge is 0.495 e. The van der Waals surface area contributed by atoms with Crippen LogP contribution < -0.4 is 15.8 Å². The zero-order valence-corrected chi connectivity index (χ0v) is 9.41. The highest BCUT2D eigenvalue weighted by atomic mass is 16.5. The van der Waals surface area contributed by atoms with Crippen LogP contribution in [0, 0.1) is 0 Å². The molecule has 0 radical (unpaired) electrons. The molecule has 84 valence electrons. The molecule has 0 fully saturated rings. The van der Waals surface area contributed by atoms with E-state index < -0.39 is 0 Å². The molecule has 3 N–H and O–H groups in total. The molecule has 4 nitrogen and oxygen atoms in total. The van der Waals surface area contributed by atoms with E-state index in [1.54, 1.807) is 14.2 Å². The molecule has 0 aromatic heterocycles. The predicted molar refractivity (Wildman–Crippen MR) is 62.4 cm³/mol. The first-order chi connectivity index (χ1) is 7.19. The van der Waals surface area contributed by atoms with E-state index in [9.17, 15) is 0 Å². The van der Waals surface area contributed by atoms with Crippen molar-refractivity contribution in [3.05, 3.63) is 18.2 Å². The fourth-order valence-electron chi connectivity index (χ4n) is 1.21. The van der Waals surface area contributed by atoms with Crippen molar-refractivity contribution >= 4 is 11.4 Å². The molecule has 1 atom stereocenters. The fraction of sp³-hybridized carbons (Fsp3) is 0.455. The van der Waals surface area contributed by atoms with E-state index in [2.05, 4.69) is 5.32 Å². The molecule has 0 aliphatic carbocycles. The molecule has 0 spiro atoms. The van der Waals surface area contributed by atoms with E-state index in [4.69, 9.17) is 15.2 Å². The minimum absolute atomic E-state index is 0.149. The van der Waals surface area contributed by atoms with Gasteiger partial charge in [-0.05, 0) is 19.1 Å². The van der Waals surface area contributed by atoms with Crippen LogP contribution in [-0.2, 0) is 4.74 Å². The van der Waals surface area contributed by atoms with Gasteiger partial charge in [-0.2, -0.15) is 0 Å². The minimum atomic E-state index is 0.149. The van der Waals surface area contributed by atoms with Crippen LogP contribution in [0.3, 0.4) is 0 Å². The Morgan fingerprint density at radius 2 is 2.13 bits per heavy atom.